The number of benzene rings is 2. The third-order valence-corrected chi connectivity index (χ3v) is 4.41. The molecule has 3 amide bonds. The number of hydrogen-bond acceptors (Lipinski definition) is 2. The summed E-state index contributed by atoms with van der Waals surface area (Å²) in [6, 6.07) is 12.9. The molecule has 1 aliphatic rings. The first-order valence-corrected chi connectivity index (χ1v) is 8.17. The van der Waals surface area contributed by atoms with Gasteiger partial charge >= 0.3 is 6.03 Å². The Balaban J connectivity index is 1.72. The van der Waals surface area contributed by atoms with Gasteiger partial charge in [-0.1, -0.05) is 24.3 Å². The molecular formula is C19H20FN3O2. The first kappa shape index (κ1) is 17.0. The molecule has 0 spiro atoms. The van der Waals surface area contributed by atoms with E-state index in [2.05, 4.69) is 5.32 Å². The molecule has 1 fully saturated rings. The number of para-hydroxylation sites is 1. The number of hydrogen-bond donors (Lipinski definition) is 1. The van der Waals surface area contributed by atoms with Gasteiger partial charge in [0.1, 0.15) is 11.9 Å². The highest BCUT2D eigenvalue weighted by molar-refractivity contribution is 6.01. The van der Waals surface area contributed by atoms with Crippen molar-refractivity contribution in [2.45, 2.75) is 19.9 Å². The molecule has 1 atom stereocenters. The Morgan fingerprint density at radius 3 is 2.56 bits per heavy atom. The van der Waals surface area contributed by atoms with Crippen LogP contribution in [0.4, 0.5) is 20.6 Å². The second kappa shape index (κ2) is 6.93. The molecule has 5 nitrogen and oxygen atoms in total. The Hall–Kier alpha value is -2.89. The summed E-state index contributed by atoms with van der Waals surface area (Å²) in [5, 5.41) is 2.79. The van der Waals surface area contributed by atoms with Gasteiger partial charge in [-0.2, -0.15) is 0 Å². The number of nitrogens with zero attached hydrogens (tertiary/aromatic N) is 2. The molecule has 1 unspecified atom stereocenters. The average Bonchev–Trinajstić information content (AvgIpc) is 2.60. The topological polar surface area (TPSA) is 52.6 Å². The Morgan fingerprint density at radius 1 is 1.16 bits per heavy atom. The minimum Gasteiger partial charge on any atom is -0.311 e. The molecule has 1 saturated heterocycles. The first-order valence-electron chi connectivity index (χ1n) is 8.17. The molecule has 1 heterocycles. The summed E-state index contributed by atoms with van der Waals surface area (Å²) in [4.78, 5) is 28.1. The van der Waals surface area contributed by atoms with E-state index in [-0.39, 0.29) is 17.8 Å². The van der Waals surface area contributed by atoms with Gasteiger partial charge in [-0.15, -0.1) is 0 Å². The van der Waals surface area contributed by atoms with Crippen LogP contribution >= 0.6 is 0 Å². The van der Waals surface area contributed by atoms with Gasteiger partial charge in [-0.05, 0) is 43.7 Å². The predicted molar refractivity (Wildman–Crippen MR) is 95.1 cm³/mol. The van der Waals surface area contributed by atoms with E-state index in [1.807, 2.05) is 18.2 Å². The van der Waals surface area contributed by atoms with Crippen LogP contribution in [0.5, 0.6) is 0 Å². The zero-order valence-electron chi connectivity index (χ0n) is 14.2. The molecule has 1 aliphatic heterocycles. The van der Waals surface area contributed by atoms with Crippen LogP contribution in [0.1, 0.15) is 12.5 Å². The maximum atomic E-state index is 13.8. The summed E-state index contributed by atoms with van der Waals surface area (Å²) in [6.45, 7) is 4.06. The van der Waals surface area contributed by atoms with Crippen LogP contribution in [0.15, 0.2) is 48.5 Å². The lowest BCUT2D eigenvalue weighted by atomic mass is 10.1. The summed E-state index contributed by atoms with van der Waals surface area (Å²) in [7, 11) is 0. The Kier molecular flexibility index (Phi) is 4.70. The number of rotatable bonds is 2. The van der Waals surface area contributed by atoms with Crippen LogP contribution < -0.4 is 10.2 Å². The van der Waals surface area contributed by atoms with Crippen LogP contribution in [-0.4, -0.2) is 36.0 Å². The van der Waals surface area contributed by atoms with Gasteiger partial charge in [0.2, 0.25) is 5.91 Å². The Bertz CT molecular complexity index is 795. The van der Waals surface area contributed by atoms with E-state index >= 15 is 0 Å². The molecule has 0 aliphatic carbocycles. The van der Waals surface area contributed by atoms with E-state index in [0.29, 0.717) is 30.0 Å². The Labute approximate surface area is 146 Å². The van der Waals surface area contributed by atoms with E-state index in [0.717, 1.165) is 0 Å². The van der Waals surface area contributed by atoms with Crippen molar-refractivity contribution < 1.29 is 14.0 Å². The van der Waals surface area contributed by atoms with E-state index < -0.39 is 6.04 Å². The van der Waals surface area contributed by atoms with Crippen molar-refractivity contribution in [3.05, 3.63) is 59.9 Å². The number of urea groups is 1. The number of amides is 3. The van der Waals surface area contributed by atoms with E-state index in [1.54, 1.807) is 38.1 Å². The first-order chi connectivity index (χ1) is 12.0. The largest absolute Gasteiger partial charge is 0.322 e. The summed E-state index contributed by atoms with van der Waals surface area (Å²) in [5.74, 6) is -0.570. The maximum absolute atomic E-state index is 13.8. The van der Waals surface area contributed by atoms with Crippen molar-refractivity contribution in [1.29, 1.82) is 0 Å². The minimum absolute atomic E-state index is 0.224. The fraction of sp³-hybridized carbons (Fsp3) is 0.263. The number of piperazine rings is 1. The smallest absolute Gasteiger partial charge is 0.311 e. The van der Waals surface area contributed by atoms with Gasteiger partial charge in [0, 0.05) is 24.5 Å². The average molecular weight is 341 g/mol. The molecule has 0 bridgehead atoms. The van der Waals surface area contributed by atoms with Crippen LogP contribution in [0, 0.1) is 12.7 Å². The third-order valence-electron chi connectivity index (χ3n) is 4.41. The molecule has 2 aromatic rings. The van der Waals surface area contributed by atoms with Gasteiger partial charge in [-0.25, -0.2) is 9.18 Å². The summed E-state index contributed by atoms with van der Waals surface area (Å²) in [5.41, 5.74) is 1.73. The van der Waals surface area contributed by atoms with Crippen molar-refractivity contribution in [2.75, 3.05) is 23.3 Å². The van der Waals surface area contributed by atoms with E-state index in [1.165, 1.54) is 15.9 Å². The lowest BCUT2D eigenvalue weighted by molar-refractivity contribution is -0.123. The normalized spacial score (nSPS) is 17.6. The molecule has 2 aromatic carbocycles. The number of nitrogens with one attached hydrogen (secondary N) is 1. The molecule has 25 heavy (non-hydrogen) atoms. The van der Waals surface area contributed by atoms with Crippen molar-refractivity contribution in [3.8, 4) is 0 Å². The molecular weight excluding hydrogens is 321 g/mol. The zero-order valence-corrected chi connectivity index (χ0v) is 14.2. The standard InChI is InChI=1S/C19H20FN3O2/c1-13-8-9-16(12-17(13)20)23-11-10-22(14(2)18(23)24)19(25)21-15-6-4-3-5-7-15/h3-9,12,14H,10-11H2,1-2H3,(H,21,25). The molecule has 0 saturated carbocycles. The van der Waals surface area contributed by atoms with Gasteiger partial charge < -0.3 is 15.1 Å². The summed E-state index contributed by atoms with van der Waals surface area (Å²) < 4.78 is 13.8. The van der Waals surface area contributed by atoms with Gasteiger partial charge in [0.05, 0.1) is 0 Å². The number of aryl methyl sites for hydroxylation is 1. The second-order valence-electron chi connectivity index (χ2n) is 6.09. The molecule has 1 N–H and O–H groups in total. The second-order valence-corrected chi connectivity index (χ2v) is 6.09. The van der Waals surface area contributed by atoms with Gasteiger partial charge in [0.15, 0.2) is 0 Å². The molecule has 3 rings (SSSR count). The lowest BCUT2D eigenvalue weighted by Crippen LogP contribution is -2.58. The summed E-state index contributed by atoms with van der Waals surface area (Å²) >= 11 is 0. The fourth-order valence-corrected chi connectivity index (χ4v) is 2.87. The van der Waals surface area contributed by atoms with Crippen molar-refractivity contribution >= 4 is 23.3 Å². The minimum atomic E-state index is -0.623. The van der Waals surface area contributed by atoms with E-state index in [9.17, 15) is 14.0 Å². The number of halogens is 1. The summed E-state index contributed by atoms with van der Waals surface area (Å²) in [6.07, 6.45) is 0. The van der Waals surface area contributed by atoms with Crippen LogP contribution in [0.25, 0.3) is 0 Å². The number of carbonyl (C=O) groups excluding carboxylic acids is 2. The quantitative estimate of drug-likeness (QED) is 0.910. The van der Waals surface area contributed by atoms with Crippen LogP contribution in [0.2, 0.25) is 0 Å². The van der Waals surface area contributed by atoms with E-state index in [4.69, 9.17) is 0 Å². The highest BCUT2D eigenvalue weighted by Gasteiger charge is 2.35. The molecule has 130 valence electrons. The zero-order chi connectivity index (χ0) is 18.0. The highest BCUT2D eigenvalue weighted by atomic mass is 19.1. The van der Waals surface area contributed by atoms with Crippen LogP contribution in [-0.2, 0) is 4.79 Å². The SMILES string of the molecule is Cc1ccc(N2CCN(C(=O)Nc3ccccc3)C(C)C2=O)cc1F. The molecule has 6 heteroatoms. The highest BCUT2D eigenvalue weighted by Crippen LogP contribution is 2.23. The van der Waals surface area contributed by atoms with Gasteiger partial charge in [0.25, 0.3) is 0 Å². The third kappa shape index (κ3) is 3.47. The van der Waals surface area contributed by atoms with Crippen molar-refractivity contribution in [1.82, 2.24) is 4.90 Å². The number of anilines is 2. The van der Waals surface area contributed by atoms with Crippen LogP contribution in [0.3, 0.4) is 0 Å². The maximum Gasteiger partial charge on any atom is 0.322 e. The Morgan fingerprint density at radius 2 is 1.88 bits per heavy atom. The van der Waals surface area contributed by atoms with Gasteiger partial charge in [-0.3, -0.25) is 4.79 Å². The van der Waals surface area contributed by atoms with Crippen molar-refractivity contribution in [2.24, 2.45) is 0 Å². The predicted octanol–water partition coefficient (Wildman–Crippen LogP) is 3.40. The fourth-order valence-electron chi connectivity index (χ4n) is 2.87. The van der Waals surface area contributed by atoms with Crippen molar-refractivity contribution in [3.63, 3.8) is 0 Å². The molecule has 0 radical (unpaired) electrons. The lowest BCUT2D eigenvalue weighted by Gasteiger charge is -2.39. The number of carbonyl (C=O) groups is 2. The monoisotopic (exact) mass is 341 g/mol. The molecule has 0 aromatic heterocycles.